The summed E-state index contributed by atoms with van der Waals surface area (Å²) in [4.78, 5) is 13.8. The molecule has 1 aliphatic heterocycles. The summed E-state index contributed by atoms with van der Waals surface area (Å²) in [6.07, 6.45) is 6.03. The van der Waals surface area contributed by atoms with Gasteiger partial charge in [-0.05, 0) is 39.7 Å². The Labute approximate surface area is 149 Å². The van der Waals surface area contributed by atoms with E-state index in [-0.39, 0.29) is 6.09 Å². The number of ether oxygens (including phenoxy) is 2. The van der Waals surface area contributed by atoms with Crippen LogP contribution in [0.1, 0.15) is 75.2 Å². The number of carbonyl (C=O) groups is 1. The molecule has 1 saturated heterocycles. The fourth-order valence-corrected chi connectivity index (χ4v) is 2.03. The predicted octanol–water partition coefficient (Wildman–Crippen LogP) is 5.94. The van der Waals surface area contributed by atoms with Crippen molar-refractivity contribution in [2.45, 2.75) is 80.8 Å². The van der Waals surface area contributed by atoms with Crippen LogP contribution in [0.3, 0.4) is 0 Å². The molecule has 0 N–H and O–H groups in total. The summed E-state index contributed by atoms with van der Waals surface area (Å²) in [5.74, 6) is 0.937. The minimum Gasteiger partial charge on any atom is -0.492 e. The Kier molecular flexibility index (Phi) is 14.4. The van der Waals surface area contributed by atoms with Crippen LogP contribution in [0.2, 0.25) is 0 Å². The highest BCUT2D eigenvalue weighted by Gasteiger charge is 2.26. The van der Waals surface area contributed by atoms with E-state index in [0.717, 1.165) is 24.2 Å². The number of amides is 1. The van der Waals surface area contributed by atoms with Crippen LogP contribution in [0.4, 0.5) is 4.79 Å². The van der Waals surface area contributed by atoms with Crippen molar-refractivity contribution in [1.29, 1.82) is 0 Å². The van der Waals surface area contributed by atoms with E-state index in [4.69, 9.17) is 9.47 Å². The Morgan fingerprint density at radius 2 is 1.58 bits per heavy atom. The number of nitrogens with zero attached hydrogens (tertiary/aromatic N) is 1. The summed E-state index contributed by atoms with van der Waals surface area (Å²) in [7, 11) is 0. The van der Waals surface area contributed by atoms with Crippen molar-refractivity contribution in [1.82, 2.24) is 4.90 Å². The first-order valence-corrected chi connectivity index (χ1v) is 9.46. The standard InChI is InChI=1S/C14H21NO3.3C2H6/c1-14(2,3)18-13(16)15-8-9-17-12-7-5-4-6-11(12)10-15;3*1-2/h6-7H,4-5,8-10H2,1-3H3;3*1-2H3. The van der Waals surface area contributed by atoms with Gasteiger partial charge < -0.3 is 14.4 Å². The molecule has 2 aliphatic rings. The van der Waals surface area contributed by atoms with Gasteiger partial charge in [0.05, 0.1) is 13.1 Å². The monoisotopic (exact) mass is 341 g/mol. The van der Waals surface area contributed by atoms with Crippen LogP contribution in [0.5, 0.6) is 0 Å². The largest absolute Gasteiger partial charge is 0.492 e. The van der Waals surface area contributed by atoms with Crippen molar-refractivity contribution in [3.05, 3.63) is 23.5 Å². The molecular formula is C20H39NO3. The van der Waals surface area contributed by atoms with E-state index >= 15 is 0 Å². The van der Waals surface area contributed by atoms with Crippen LogP contribution < -0.4 is 0 Å². The van der Waals surface area contributed by atoms with Gasteiger partial charge in [-0.3, -0.25) is 0 Å². The minimum atomic E-state index is -0.455. The Morgan fingerprint density at radius 3 is 2.12 bits per heavy atom. The van der Waals surface area contributed by atoms with Gasteiger partial charge in [0.1, 0.15) is 18.0 Å². The van der Waals surface area contributed by atoms with E-state index in [1.54, 1.807) is 4.90 Å². The maximum atomic E-state index is 12.0. The molecule has 1 fully saturated rings. The number of carbonyl (C=O) groups excluding carboxylic acids is 1. The summed E-state index contributed by atoms with van der Waals surface area (Å²) >= 11 is 0. The van der Waals surface area contributed by atoms with Gasteiger partial charge in [0.2, 0.25) is 0 Å². The van der Waals surface area contributed by atoms with E-state index in [1.807, 2.05) is 62.3 Å². The van der Waals surface area contributed by atoms with E-state index < -0.39 is 5.60 Å². The first-order chi connectivity index (χ1) is 11.5. The van der Waals surface area contributed by atoms with Crippen LogP contribution in [0.15, 0.2) is 23.5 Å². The molecular weight excluding hydrogens is 302 g/mol. The van der Waals surface area contributed by atoms with Crippen molar-refractivity contribution >= 4 is 6.09 Å². The third-order valence-electron chi connectivity index (χ3n) is 2.84. The van der Waals surface area contributed by atoms with E-state index in [9.17, 15) is 4.79 Å². The molecule has 0 aromatic rings. The molecule has 1 heterocycles. The predicted molar refractivity (Wildman–Crippen MR) is 103 cm³/mol. The molecule has 2 rings (SSSR count). The summed E-state index contributed by atoms with van der Waals surface area (Å²) in [5, 5.41) is 0. The van der Waals surface area contributed by atoms with Crippen molar-refractivity contribution in [2.24, 2.45) is 0 Å². The lowest BCUT2D eigenvalue weighted by atomic mass is 10.1. The van der Waals surface area contributed by atoms with Crippen LogP contribution in [0.25, 0.3) is 0 Å². The summed E-state index contributed by atoms with van der Waals surface area (Å²) in [6, 6.07) is 0. The second-order valence-corrected chi connectivity index (χ2v) is 5.63. The Balaban J connectivity index is 0. The third kappa shape index (κ3) is 9.64. The van der Waals surface area contributed by atoms with E-state index in [2.05, 4.69) is 12.2 Å². The average molecular weight is 342 g/mol. The minimum absolute atomic E-state index is 0.265. The van der Waals surface area contributed by atoms with Crippen LogP contribution in [-0.2, 0) is 9.47 Å². The maximum absolute atomic E-state index is 12.0. The highest BCUT2D eigenvalue weighted by atomic mass is 16.6. The zero-order valence-corrected chi connectivity index (χ0v) is 17.4. The highest BCUT2D eigenvalue weighted by molar-refractivity contribution is 5.69. The van der Waals surface area contributed by atoms with Crippen LogP contribution >= 0.6 is 0 Å². The van der Waals surface area contributed by atoms with Gasteiger partial charge in [-0.15, -0.1) is 0 Å². The molecule has 24 heavy (non-hydrogen) atoms. The average Bonchev–Trinajstić information content (AvgIpc) is 2.81. The zero-order chi connectivity index (χ0) is 19.2. The summed E-state index contributed by atoms with van der Waals surface area (Å²) < 4.78 is 11.1. The third-order valence-corrected chi connectivity index (χ3v) is 2.84. The number of allylic oxidation sites excluding steroid dienone is 2. The van der Waals surface area contributed by atoms with Crippen molar-refractivity contribution in [2.75, 3.05) is 19.7 Å². The fraction of sp³-hybridized carbons (Fsp3) is 0.750. The van der Waals surface area contributed by atoms with Gasteiger partial charge in [-0.1, -0.05) is 47.6 Å². The van der Waals surface area contributed by atoms with E-state index in [1.165, 1.54) is 0 Å². The maximum Gasteiger partial charge on any atom is 0.410 e. The first kappa shape index (κ1) is 24.8. The Hall–Kier alpha value is -1.45. The molecule has 0 radical (unpaired) electrons. The number of hydrogen-bond acceptors (Lipinski definition) is 3. The number of fused-ring (bicyclic) bond motifs is 1. The quantitative estimate of drug-likeness (QED) is 0.547. The molecule has 0 bridgehead atoms. The molecule has 142 valence electrons. The lowest BCUT2D eigenvalue weighted by molar-refractivity contribution is 0.0254. The first-order valence-electron chi connectivity index (χ1n) is 9.46. The second kappa shape index (κ2) is 13.9. The molecule has 0 saturated carbocycles. The van der Waals surface area contributed by atoms with E-state index in [0.29, 0.717) is 19.7 Å². The Morgan fingerprint density at radius 1 is 1.04 bits per heavy atom. The number of rotatable bonds is 0. The van der Waals surface area contributed by atoms with Crippen molar-refractivity contribution in [3.8, 4) is 0 Å². The molecule has 1 aliphatic carbocycles. The molecule has 0 unspecified atom stereocenters. The fourth-order valence-electron chi connectivity index (χ4n) is 2.03. The van der Waals surface area contributed by atoms with Gasteiger partial charge in [0.15, 0.2) is 0 Å². The lowest BCUT2D eigenvalue weighted by Gasteiger charge is -2.26. The van der Waals surface area contributed by atoms with Gasteiger partial charge in [0.25, 0.3) is 0 Å². The molecule has 4 nitrogen and oxygen atoms in total. The second-order valence-electron chi connectivity index (χ2n) is 5.63. The molecule has 1 amide bonds. The van der Waals surface area contributed by atoms with Crippen LogP contribution in [0, 0.1) is 0 Å². The van der Waals surface area contributed by atoms with Crippen LogP contribution in [-0.4, -0.2) is 36.3 Å². The lowest BCUT2D eigenvalue weighted by Crippen LogP contribution is -2.38. The van der Waals surface area contributed by atoms with Gasteiger partial charge in [-0.2, -0.15) is 0 Å². The van der Waals surface area contributed by atoms with Gasteiger partial charge in [0, 0.05) is 5.57 Å². The summed E-state index contributed by atoms with van der Waals surface area (Å²) in [6.45, 7) is 19.3. The van der Waals surface area contributed by atoms with Crippen molar-refractivity contribution in [3.63, 3.8) is 0 Å². The highest BCUT2D eigenvalue weighted by Crippen LogP contribution is 2.24. The van der Waals surface area contributed by atoms with Gasteiger partial charge >= 0.3 is 6.09 Å². The molecule has 0 aromatic carbocycles. The van der Waals surface area contributed by atoms with Crippen molar-refractivity contribution < 1.29 is 14.3 Å². The van der Waals surface area contributed by atoms with Gasteiger partial charge in [-0.25, -0.2) is 4.79 Å². The smallest absolute Gasteiger partial charge is 0.410 e. The molecule has 0 aromatic heterocycles. The molecule has 4 heteroatoms. The SMILES string of the molecule is CC.CC.CC.CC(C)(C)OC(=O)N1CCOC2=CCCC=C2C1. The molecule has 0 atom stereocenters. The normalized spacial score (nSPS) is 15.8. The molecule has 0 spiro atoms. The summed E-state index contributed by atoms with van der Waals surface area (Å²) in [5.41, 5.74) is 0.647. The Bertz CT molecular complexity index is 392. The topological polar surface area (TPSA) is 38.8 Å². The zero-order valence-electron chi connectivity index (χ0n) is 17.4. The number of hydrogen-bond donors (Lipinski definition) is 0.